The Bertz CT molecular complexity index is 373. The second kappa shape index (κ2) is 3.21. The van der Waals surface area contributed by atoms with E-state index in [-0.39, 0.29) is 0 Å². The molecule has 0 fully saturated rings. The van der Waals surface area contributed by atoms with Crippen molar-refractivity contribution in [3.05, 3.63) is 33.9 Å². The molecule has 0 heterocycles. The molecule has 76 valence electrons. The summed E-state index contributed by atoms with van der Waals surface area (Å²) in [6, 6.07) is 2.50. The van der Waals surface area contributed by atoms with Crippen molar-refractivity contribution in [2.45, 2.75) is 12.8 Å². The normalized spacial score (nSPS) is 11.4. The predicted octanol–water partition coefficient (Wildman–Crippen LogP) is 2.41. The molecule has 0 saturated carbocycles. The summed E-state index contributed by atoms with van der Waals surface area (Å²) in [6.45, 7) is 0.561. The van der Waals surface area contributed by atoms with E-state index in [0.717, 1.165) is 12.1 Å². The average molecular weight is 203 g/mol. The Balaban J connectivity index is 3.29. The summed E-state index contributed by atoms with van der Waals surface area (Å²) < 4.78 is 25.6. The van der Waals surface area contributed by atoms with Gasteiger partial charge in [-0.3, -0.25) is 10.1 Å². The van der Waals surface area contributed by atoms with Gasteiger partial charge < -0.3 is 5.11 Å². The number of nitro groups is 1. The van der Waals surface area contributed by atoms with Gasteiger partial charge in [-0.1, -0.05) is 0 Å². The van der Waals surface area contributed by atoms with Crippen LogP contribution in [-0.4, -0.2) is 10.0 Å². The topological polar surface area (TPSA) is 63.4 Å². The molecule has 1 rings (SSSR count). The Labute approximate surface area is 77.9 Å². The van der Waals surface area contributed by atoms with E-state index in [1.807, 2.05) is 0 Å². The fourth-order valence-corrected chi connectivity index (χ4v) is 0.989. The minimum Gasteiger partial charge on any atom is -0.507 e. The molecule has 0 spiro atoms. The Hall–Kier alpha value is -1.72. The number of hydrogen-bond acceptors (Lipinski definition) is 3. The van der Waals surface area contributed by atoms with Gasteiger partial charge in [0.15, 0.2) is 0 Å². The van der Waals surface area contributed by atoms with Crippen molar-refractivity contribution in [1.82, 2.24) is 0 Å². The highest BCUT2D eigenvalue weighted by Gasteiger charge is 2.29. The molecule has 1 aromatic rings. The standard InChI is InChI=1S/C8H7F2NO3/c1-8(9,10)6-4-5(11(13)14)2-3-7(6)12/h2-4,12H,1H3. The van der Waals surface area contributed by atoms with Crippen LogP contribution in [0.3, 0.4) is 0 Å². The molecule has 0 aromatic heterocycles. The van der Waals surface area contributed by atoms with Gasteiger partial charge in [0.25, 0.3) is 11.6 Å². The van der Waals surface area contributed by atoms with Crippen LogP contribution in [0.25, 0.3) is 0 Å². The molecule has 0 unspecified atom stereocenters. The van der Waals surface area contributed by atoms with E-state index in [9.17, 15) is 18.9 Å². The van der Waals surface area contributed by atoms with Crippen molar-refractivity contribution in [2.75, 3.05) is 0 Å². The number of nitrogens with zero attached hydrogens (tertiary/aromatic N) is 1. The van der Waals surface area contributed by atoms with Gasteiger partial charge in [-0.2, -0.15) is 0 Å². The minimum atomic E-state index is -3.30. The molecule has 0 aliphatic heterocycles. The first kappa shape index (κ1) is 10.4. The van der Waals surface area contributed by atoms with Gasteiger partial charge in [0, 0.05) is 19.1 Å². The molecule has 6 heteroatoms. The summed E-state index contributed by atoms with van der Waals surface area (Å²) in [6.07, 6.45) is 0. The number of phenols is 1. The maximum absolute atomic E-state index is 12.8. The van der Waals surface area contributed by atoms with Gasteiger partial charge in [-0.15, -0.1) is 0 Å². The summed E-state index contributed by atoms with van der Waals surface area (Å²) in [5, 5.41) is 19.3. The third-order valence-corrected chi connectivity index (χ3v) is 1.66. The van der Waals surface area contributed by atoms with Crippen LogP contribution in [0.2, 0.25) is 0 Å². The van der Waals surface area contributed by atoms with Crippen LogP contribution in [0.5, 0.6) is 5.75 Å². The van der Waals surface area contributed by atoms with Gasteiger partial charge in [-0.25, -0.2) is 8.78 Å². The quantitative estimate of drug-likeness (QED) is 0.592. The molecule has 0 aliphatic carbocycles. The lowest BCUT2D eigenvalue weighted by Gasteiger charge is -2.11. The van der Waals surface area contributed by atoms with Gasteiger partial charge >= 0.3 is 0 Å². The number of aromatic hydroxyl groups is 1. The molecule has 0 amide bonds. The first-order valence-electron chi connectivity index (χ1n) is 3.68. The summed E-state index contributed by atoms with van der Waals surface area (Å²) >= 11 is 0. The molecule has 4 nitrogen and oxygen atoms in total. The number of hydrogen-bond donors (Lipinski definition) is 1. The lowest BCUT2D eigenvalue weighted by atomic mass is 10.1. The number of benzene rings is 1. The van der Waals surface area contributed by atoms with Crippen LogP contribution >= 0.6 is 0 Å². The van der Waals surface area contributed by atoms with E-state index in [2.05, 4.69) is 0 Å². The molecule has 14 heavy (non-hydrogen) atoms. The zero-order valence-electron chi connectivity index (χ0n) is 7.20. The number of non-ortho nitro benzene ring substituents is 1. The van der Waals surface area contributed by atoms with Crippen molar-refractivity contribution in [3.8, 4) is 5.75 Å². The first-order chi connectivity index (χ1) is 6.32. The molecule has 0 saturated heterocycles. The van der Waals surface area contributed by atoms with Crippen LogP contribution < -0.4 is 0 Å². The van der Waals surface area contributed by atoms with Crippen LogP contribution in [0.1, 0.15) is 12.5 Å². The second-order valence-electron chi connectivity index (χ2n) is 2.85. The summed E-state index contributed by atoms with van der Waals surface area (Å²) in [4.78, 5) is 9.47. The molecule has 1 aromatic carbocycles. The largest absolute Gasteiger partial charge is 0.507 e. The van der Waals surface area contributed by atoms with E-state index in [1.165, 1.54) is 0 Å². The molecule has 0 radical (unpaired) electrons. The Kier molecular flexibility index (Phi) is 2.37. The smallest absolute Gasteiger partial charge is 0.274 e. The highest BCUT2D eigenvalue weighted by molar-refractivity contribution is 5.44. The molecular formula is C8H7F2NO3. The lowest BCUT2D eigenvalue weighted by Crippen LogP contribution is -2.07. The van der Waals surface area contributed by atoms with Crippen molar-refractivity contribution in [1.29, 1.82) is 0 Å². The number of nitro benzene ring substituents is 1. The fraction of sp³-hybridized carbons (Fsp3) is 0.250. The number of phenolic OH excluding ortho intramolecular Hbond substituents is 1. The monoisotopic (exact) mass is 203 g/mol. The maximum Gasteiger partial charge on any atom is 0.274 e. The molecule has 0 aliphatic rings. The van der Waals surface area contributed by atoms with Gasteiger partial charge in [0.1, 0.15) is 5.75 Å². The van der Waals surface area contributed by atoms with E-state index in [0.29, 0.717) is 13.0 Å². The van der Waals surface area contributed by atoms with E-state index < -0.39 is 27.8 Å². The van der Waals surface area contributed by atoms with E-state index >= 15 is 0 Å². The minimum absolute atomic E-state index is 0.473. The zero-order valence-corrected chi connectivity index (χ0v) is 7.20. The van der Waals surface area contributed by atoms with Gasteiger partial charge in [0.2, 0.25) is 0 Å². The molecule has 0 bridgehead atoms. The van der Waals surface area contributed by atoms with Crippen molar-refractivity contribution in [3.63, 3.8) is 0 Å². The Morgan fingerprint density at radius 3 is 2.50 bits per heavy atom. The van der Waals surface area contributed by atoms with Crippen molar-refractivity contribution in [2.24, 2.45) is 0 Å². The van der Waals surface area contributed by atoms with Crippen molar-refractivity contribution >= 4 is 5.69 Å². The Morgan fingerprint density at radius 2 is 2.07 bits per heavy atom. The third kappa shape index (κ3) is 1.95. The second-order valence-corrected chi connectivity index (χ2v) is 2.85. The van der Waals surface area contributed by atoms with Crippen molar-refractivity contribution < 1.29 is 18.8 Å². The maximum atomic E-state index is 12.8. The van der Waals surface area contributed by atoms with E-state index in [1.54, 1.807) is 0 Å². The molecular weight excluding hydrogens is 196 g/mol. The lowest BCUT2D eigenvalue weighted by molar-refractivity contribution is -0.385. The predicted molar refractivity (Wildman–Crippen MR) is 44.3 cm³/mol. The van der Waals surface area contributed by atoms with Crippen LogP contribution in [0.4, 0.5) is 14.5 Å². The summed E-state index contributed by atoms with van der Waals surface area (Å²) in [7, 11) is 0. The molecule has 1 N–H and O–H groups in total. The van der Waals surface area contributed by atoms with Gasteiger partial charge in [0.05, 0.1) is 10.5 Å². The van der Waals surface area contributed by atoms with Crippen LogP contribution in [0.15, 0.2) is 18.2 Å². The fourth-order valence-electron chi connectivity index (χ4n) is 0.989. The third-order valence-electron chi connectivity index (χ3n) is 1.66. The highest BCUT2D eigenvalue weighted by Crippen LogP contribution is 2.35. The SMILES string of the molecule is CC(F)(F)c1cc([N+](=O)[O-])ccc1O. The highest BCUT2D eigenvalue weighted by atomic mass is 19.3. The number of rotatable bonds is 2. The number of alkyl halides is 2. The summed E-state index contributed by atoms with van der Waals surface area (Å²) in [5.74, 6) is -3.95. The first-order valence-corrected chi connectivity index (χ1v) is 3.68. The summed E-state index contributed by atoms with van der Waals surface area (Å²) in [5.41, 5.74) is -1.22. The number of halogens is 2. The van der Waals surface area contributed by atoms with Gasteiger partial charge in [-0.05, 0) is 6.07 Å². The van der Waals surface area contributed by atoms with Crippen LogP contribution in [-0.2, 0) is 5.92 Å². The Morgan fingerprint density at radius 1 is 1.50 bits per heavy atom. The zero-order chi connectivity index (χ0) is 10.9. The van der Waals surface area contributed by atoms with Crippen LogP contribution in [0, 0.1) is 10.1 Å². The average Bonchev–Trinajstić information content (AvgIpc) is 2.02. The van der Waals surface area contributed by atoms with E-state index in [4.69, 9.17) is 5.11 Å². The molecule has 0 atom stereocenters.